The molecule has 0 N–H and O–H groups in total. The quantitative estimate of drug-likeness (QED) is 0.397. The number of fused-ring (bicyclic) bond motifs is 3. The fourth-order valence-electron chi connectivity index (χ4n) is 7.56. The predicted octanol–water partition coefficient (Wildman–Crippen LogP) is 2.63. The molecule has 0 atom stereocenters. The van der Waals surface area contributed by atoms with Crippen LogP contribution in [0.5, 0.6) is 0 Å². The van der Waals surface area contributed by atoms with Gasteiger partial charge in [0.25, 0.3) is 0 Å². The van der Waals surface area contributed by atoms with Crippen molar-refractivity contribution in [2.24, 2.45) is 0 Å². The molecule has 4 aliphatic carbocycles. The van der Waals surface area contributed by atoms with Gasteiger partial charge in [-0.2, -0.15) is 0 Å². The van der Waals surface area contributed by atoms with Gasteiger partial charge in [0.05, 0.1) is 0 Å². The van der Waals surface area contributed by atoms with Gasteiger partial charge >= 0.3 is 216 Å². The van der Waals surface area contributed by atoms with E-state index in [0.29, 0.717) is 0 Å². The molecule has 0 saturated heterocycles. The monoisotopic (exact) mass is 612 g/mol. The number of benzene rings is 2. The second kappa shape index (κ2) is 12.6. The molecule has 0 aromatic heterocycles. The van der Waals surface area contributed by atoms with Crippen LogP contribution in [0, 0.1) is 13.8 Å². The molecular weight excluding hydrogens is 575 g/mol. The first-order chi connectivity index (χ1) is 16.7. The van der Waals surface area contributed by atoms with E-state index in [0.717, 1.165) is 11.1 Å². The van der Waals surface area contributed by atoms with E-state index in [9.17, 15) is 0 Å². The molecule has 0 unspecified atom stereocenters. The molecular formula is C32H40Cl2SiZr. The van der Waals surface area contributed by atoms with Gasteiger partial charge in [-0.3, -0.25) is 0 Å². The summed E-state index contributed by atoms with van der Waals surface area (Å²) in [5.74, 6) is 0. The Kier molecular flexibility index (Phi) is 10.0. The van der Waals surface area contributed by atoms with Gasteiger partial charge in [0, 0.05) is 0 Å². The van der Waals surface area contributed by atoms with Gasteiger partial charge in [0.2, 0.25) is 0 Å². The van der Waals surface area contributed by atoms with E-state index in [2.05, 4.69) is 62.4 Å². The van der Waals surface area contributed by atoms with Crippen LogP contribution in [0.15, 0.2) is 51.8 Å². The first-order valence-corrected chi connectivity index (χ1v) is 21.8. The molecule has 6 rings (SSSR count). The minimum atomic E-state index is -2.04. The molecule has 2 fully saturated rings. The average molecular weight is 615 g/mol. The zero-order valence-electron chi connectivity index (χ0n) is 22.0. The van der Waals surface area contributed by atoms with Crippen LogP contribution in [0.1, 0.15) is 92.9 Å². The SMILES string of the molecule is Cc1ccc2c(c1)Cc1c-2ccc(C)[c]1[Zr+2]([C]1=CC=CC1)=[Si](C1CCCCC1)C1CCCCC1.[Cl-].[Cl-]. The summed E-state index contributed by atoms with van der Waals surface area (Å²) in [6.45, 7) is 4.74. The molecule has 190 valence electrons. The van der Waals surface area contributed by atoms with Crippen molar-refractivity contribution in [3.63, 3.8) is 0 Å². The van der Waals surface area contributed by atoms with Crippen molar-refractivity contribution in [2.75, 3.05) is 0 Å². The Balaban J connectivity index is 0.00000152. The zero-order chi connectivity index (χ0) is 23.1. The minimum Gasteiger partial charge on any atom is -1.00 e. The van der Waals surface area contributed by atoms with Gasteiger partial charge in [0.15, 0.2) is 0 Å². The van der Waals surface area contributed by atoms with Crippen LogP contribution < -0.4 is 28.1 Å². The summed E-state index contributed by atoms with van der Waals surface area (Å²) in [6, 6.07) is 12.2. The number of aryl methyl sites for hydroxylation is 2. The van der Waals surface area contributed by atoms with Crippen molar-refractivity contribution >= 4 is 8.70 Å². The van der Waals surface area contributed by atoms with Crippen LogP contribution in [0.4, 0.5) is 0 Å². The molecule has 4 heteroatoms. The Bertz CT molecular complexity index is 1180. The van der Waals surface area contributed by atoms with Gasteiger partial charge in [-0.1, -0.05) is 0 Å². The summed E-state index contributed by atoms with van der Waals surface area (Å²) in [6.07, 6.45) is 25.2. The van der Waals surface area contributed by atoms with Crippen LogP contribution in [0.3, 0.4) is 0 Å². The van der Waals surface area contributed by atoms with E-state index in [1.54, 1.807) is 47.9 Å². The third kappa shape index (κ3) is 5.50. The molecule has 0 bridgehead atoms. The maximum Gasteiger partial charge on any atom is -1.00 e. The molecule has 2 aromatic carbocycles. The second-order valence-corrected chi connectivity index (χ2v) is 25.9. The molecule has 0 nitrogen and oxygen atoms in total. The van der Waals surface area contributed by atoms with E-state index in [-0.39, 0.29) is 30.2 Å². The van der Waals surface area contributed by atoms with E-state index < -0.39 is 20.4 Å². The van der Waals surface area contributed by atoms with Crippen LogP contribution in [-0.4, -0.2) is 5.43 Å². The summed E-state index contributed by atoms with van der Waals surface area (Å²) >= 11 is -2.04. The zero-order valence-corrected chi connectivity index (χ0v) is 27.0. The fourth-order valence-corrected chi connectivity index (χ4v) is 34.8. The largest absolute Gasteiger partial charge is 1.00 e. The topological polar surface area (TPSA) is 0 Å². The molecule has 36 heavy (non-hydrogen) atoms. The van der Waals surface area contributed by atoms with E-state index >= 15 is 0 Å². The molecule has 0 spiro atoms. The first-order valence-electron chi connectivity index (χ1n) is 14.0. The van der Waals surface area contributed by atoms with Crippen molar-refractivity contribution in [1.82, 2.24) is 0 Å². The maximum absolute atomic E-state index is 2.62. The molecule has 2 aromatic rings. The van der Waals surface area contributed by atoms with E-state index in [1.165, 1.54) is 62.5 Å². The fraction of sp³-hybridized carbons (Fsp3) is 0.500. The van der Waals surface area contributed by atoms with E-state index in [1.807, 2.05) is 6.55 Å². The predicted molar refractivity (Wildman–Crippen MR) is 145 cm³/mol. The van der Waals surface area contributed by atoms with Gasteiger partial charge in [-0.05, 0) is 0 Å². The number of hydrogen-bond donors (Lipinski definition) is 0. The molecule has 4 aliphatic rings. The molecule has 0 amide bonds. The van der Waals surface area contributed by atoms with Crippen LogP contribution in [0.25, 0.3) is 11.1 Å². The van der Waals surface area contributed by atoms with Gasteiger partial charge in [-0.15, -0.1) is 0 Å². The Morgan fingerprint density at radius 2 is 1.42 bits per heavy atom. The maximum atomic E-state index is 2.62. The normalized spacial score (nSPS) is 18.9. The Hall–Kier alpha value is -0.400. The summed E-state index contributed by atoms with van der Waals surface area (Å²) < 4.78 is 3.92. The van der Waals surface area contributed by atoms with Crippen molar-refractivity contribution in [1.29, 1.82) is 0 Å². The molecule has 0 radical (unpaired) electrons. The molecule has 2 saturated carbocycles. The molecule has 0 heterocycles. The standard InChI is InChI=1S/C15H13.C12H22Si.C5H5.2ClH.Zr/c1-10-3-5-14-12(7-10)9-13-8-11(2)4-6-15(13)14;1-3-7-11(8-4-1)13-12-9-5-2-6-10-12;1-2-4-5-3-1;;;/h3-7H,9H2,1-2H3;11-12H,1-10H2;1-3H,4H2;2*1H;/q;;;;;+2/p-2. The van der Waals surface area contributed by atoms with Crippen molar-refractivity contribution in [2.45, 2.75) is 102 Å². The third-order valence-corrected chi connectivity index (χ3v) is 31.7. The number of allylic oxidation sites excluding steroid dienone is 4. The van der Waals surface area contributed by atoms with Gasteiger partial charge in [0.1, 0.15) is 0 Å². The Morgan fingerprint density at radius 3 is 2.03 bits per heavy atom. The second-order valence-electron chi connectivity index (χ2n) is 11.4. The number of hydrogen-bond acceptors (Lipinski definition) is 0. The van der Waals surface area contributed by atoms with Crippen LogP contribution in [-0.2, 0) is 26.8 Å². The number of rotatable bonds is 4. The summed E-state index contributed by atoms with van der Waals surface area (Å²) in [5, 5.41) is 0. The van der Waals surface area contributed by atoms with Crippen molar-refractivity contribution < 1.29 is 45.2 Å². The summed E-state index contributed by atoms with van der Waals surface area (Å²) in [4.78, 5) is 0. The van der Waals surface area contributed by atoms with Crippen LogP contribution in [0.2, 0.25) is 11.1 Å². The number of halogens is 2. The van der Waals surface area contributed by atoms with Crippen LogP contribution >= 0.6 is 0 Å². The Morgan fingerprint density at radius 1 is 0.778 bits per heavy atom. The minimum absolute atomic E-state index is 0. The van der Waals surface area contributed by atoms with Gasteiger partial charge in [-0.25, -0.2) is 0 Å². The molecule has 0 aliphatic heterocycles. The average Bonchev–Trinajstić information content (AvgIpc) is 3.52. The Labute approximate surface area is 239 Å². The smallest absolute Gasteiger partial charge is 1.00 e. The summed E-state index contributed by atoms with van der Waals surface area (Å²) in [5.41, 5.74) is 11.4. The van der Waals surface area contributed by atoms with Crippen molar-refractivity contribution in [3.05, 3.63) is 74.1 Å². The first kappa shape index (κ1) is 28.6. The van der Waals surface area contributed by atoms with Crippen molar-refractivity contribution in [3.8, 4) is 11.1 Å². The van der Waals surface area contributed by atoms with E-state index in [4.69, 9.17) is 0 Å². The van der Waals surface area contributed by atoms with Gasteiger partial charge < -0.3 is 24.8 Å². The third-order valence-electron chi connectivity index (χ3n) is 9.16. The summed E-state index contributed by atoms with van der Waals surface area (Å²) in [7, 11) is 0.